The van der Waals surface area contributed by atoms with Gasteiger partial charge in [-0.3, -0.25) is 46.1 Å². The van der Waals surface area contributed by atoms with Crippen LogP contribution in [0.1, 0.15) is 135 Å². The number of fused-ring (bicyclic) bond motifs is 12. The molecule has 4 aliphatic carbocycles. The third kappa shape index (κ3) is 23.3. The number of nitrogens with zero attached hydrogens (tertiary/aromatic N) is 9. The Morgan fingerprint density at radius 1 is 0.417 bits per heavy atom. The number of carbonyl (C=O) groups is 4. The predicted molar refractivity (Wildman–Crippen MR) is 539 cm³/mol. The van der Waals surface area contributed by atoms with Crippen LogP contribution in [-0.4, -0.2) is 108 Å². The van der Waals surface area contributed by atoms with E-state index in [0.29, 0.717) is 107 Å². The van der Waals surface area contributed by atoms with Gasteiger partial charge in [0.15, 0.2) is 0 Å². The number of carbonyl (C=O) groups excluding carboxylic acids is 4. The van der Waals surface area contributed by atoms with Gasteiger partial charge in [-0.2, -0.15) is 13.2 Å². The number of amides is 4. The SMILES string of the molecule is [C-]#[N+]c1c(NC(=O)OC(C)C)ncc2c1-c1ccccc1C(c1ccc(Cl)c(Cl)c1)C2.[C-]#[N+]c1c(NC(=O)OCCC)ncc2c1-c1ccccc1C(c1ccc(Cl)c(Cl)c1)C2.[C-]#[N+]c1c(NC(=O)OCCCN2CCOCC2)ncc2c1-c1ccccc1C(c1ccc(Cl)c(Cl)c1)C2.[C-]#[N+]c1c(NC(=O)OCCc2ccc(C(F)(F)F)cc2)ncc2c1-c1ccccc1C(c1ccc(Cl)c(Cl)c1)C2. The van der Waals surface area contributed by atoms with E-state index in [4.69, 9.17) is 143 Å². The number of nitrogens with one attached hydrogen (secondary N) is 4. The molecule has 18 rings (SSSR count). The Bertz CT molecular complexity index is 7060. The number of pyridine rings is 4. The van der Waals surface area contributed by atoms with E-state index in [1.54, 1.807) is 62.9 Å². The molecule has 4 atom stereocenters. The zero-order valence-corrected chi connectivity index (χ0v) is 80.7. The second kappa shape index (κ2) is 45.5. The monoisotopic (exact) mass is 2020 g/mol. The molecule has 4 N–H and O–H groups in total. The summed E-state index contributed by atoms with van der Waals surface area (Å²) in [6.45, 7) is 41.4. The molecule has 0 spiro atoms. The zero-order valence-electron chi connectivity index (χ0n) is 74.6. The summed E-state index contributed by atoms with van der Waals surface area (Å²) in [6, 6.07) is 58.9. The predicted octanol–water partition coefficient (Wildman–Crippen LogP) is 30.2. The molecule has 9 aromatic carbocycles. The summed E-state index contributed by atoms with van der Waals surface area (Å²) in [6.07, 6.45) is 3.62. The summed E-state index contributed by atoms with van der Waals surface area (Å²) in [5.74, 6) is 0.767. The molecular weight excluding hydrogens is 1940 g/mol. The van der Waals surface area contributed by atoms with Crippen molar-refractivity contribution >= 4 is 163 Å². The largest absolute Gasteiger partial charge is 0.449 e. The highest BCUT2D eigenvalue weighted by Crippen LogP contribution is 2.55. The number of halogens is 11. The summed E-state index contributed by atoms with van der Waals surface area (Å²) in [4.78, 5) is 83.9. The van der Waals surface area contributed by atoms with Crippen LogP contribution in [0.3, 0.4) is 0 Å². The Morgan fingerprint density at radius 2 is 0.719 bits per heavy atom. The molecular formula is C106H84Cl8F3N13O9. The van der Waals surface area contributed by atoms with Crippen molar-refractivity contribution in [2.24, 2.45) is 0 Å². The van der Waals surface area contributed by atoms with Crippen molar-refractivity contribution in [2.75, 3.05) is 73.9 Å². The number of rotatable bonds is 18. The molecule has 4 aromatic heterocycles. The van der Waals surface area contributed by atoms with Crippen molar-refractivity contribution in [1.29, 1.82) is 0 Å². The summed E-state index contributed by atoms with van der Waals surface area (Å²) in [5, 5.41) is 14.4. The third-order valence-electron chi connectivity index (χ3n) is 24.0. The van der Waals surface area contributed by atoms with Crippen molar-refractivity contribution in [3.8, 4) is 44.5 Å². The Hall–Kier alpha value is -13.4. The quantitative estimate of drug-likeness (QED) is 0.0355. The van der Waals surface area contributed by atoms with Crippen LogP contribution < -0.4 is 21.3 Å². The number of morpholine rings is 1. The standard InChI is InChI=1S/C30H20Cl2F3N3O2.C28H26Cl2N4O3.2C24H19Cl2N3O2/c1-36-27-26-19(14-23(21-4-2-3-5-22(21)26)18-8-11-24(31)25(32)15-18)16-37-28(27)38-29(39)40-13-12-17-6-9-20(10-7-17)30(33,34)35;1-31-26-25-19(17-32-27(26)33-28(35)37-12-4-9-34-10-13-36-14-11-34)15-22(20-5-2-3-6-21(20)25)18-7-8-23(29)24(30)16-18;1-13(2)31-24(30)29-23-22(27-3)21-15(12-28-23)10-18(16-6-4-5-7-17(16)21)14-8-9-19(25)20(26)11-14;1-3-10-31-24(30)29-23-22(27-2)21-15(13-28-23)11-18(16-6-4-5-7-17(16)21)14-8-9-19(25)20(26)12-14/h2-11,15-16,23H,12-14H2,(H,37,38,39);2-3,5-8,16-17,22H,4,9-15H2,(H,32,33,35);4-9,11-13,18H,10H2,1-2H3,(H,28,29,30);4-9,12-13,18H,3,10-11H2,1H3,(H,28,29,30). The Kier molecular flexibility index (Phi) is 32.8. The van der Waals surface area contributed by atoms with Gasteiger partial charge in [0.2, 0.25) is 22.7 Å². The van der Waals surface area contributed by atoms with Crippen LogP contribution in [-0.2, 0) is 62.0 Å². The lowest BCUT2D eigenvalue weighted by atomic mass is 9.76. The normalized spacial score (nSPS) is 14.9. The summed E-state index contributed by atoms with van der Waals surface area (Å²) < 4.78 is 64.4. The fraction of sp³-hybridized carbons (Fsp3) is 0.226. The van der Waals surface area contributed by atoms with Crippen molar-refractivity contribution in [3.05, 3.63) is 383 Å². The number of aromatic nitrogens is 4. The van der Waals surface area contributed by atoms with Crippen LogP contribution in [0.25, 0.3) is 63.9 Å². The van der Waals surface area contributed by atoms with Gasteiger partial charge in [-0.25, -0.2) is 38.6 Å². The highest BCUT2D eigenvalue weighted by Gasteiger charge is 2.37. The Balaban J connectivity index is 0.000000141. The van der Waals surface area contributed by atoms with Gasteiger partial charge in [0.1, 0.15) is 23.3 Å². The average molecular weight is 2020 g/mol. The van der Waals surface area contributed by atoms with Gasteiger partial charge < -0.3 is 23.7 Å². The molecule has 1 fully saturated rings. The van der Waals surface area contributed by atoms with Crippen LogP contribution in [0.15, 0.2) is 219 Å². The molecule has 1 aliphatic heterocycles. The molecule has 4 unspecified atom stereocenters. The summed E-state index contributed by atoms with van der Waals surface area (Å²) in [5.41, 5.74) is 19.7. The minimum atomic E-state index is -4.41. The molecule has 1 saturated heterocycles. The highest BCUT2D eigenvalue weighted by atomic mass is 35.5. The maximum Gasteiger partial charge on any atom is 0.416 e. The topological polar surface area (TPSA) is 235 Å². The summed E-state index contributed by atoms with van der Waals surface area (Å²) in [7, 11) is 0. The maximum absolute atomic E-state index is 12.7. The molecule has 5 heterocycles. The molecule has 0 radical (unpaired) electrons. The molecule has 22 nitrogen and oxygen atoms in total. The molecule has 704 valence electrons. The highest BCUT2D eigenvalue weighted by molar-refractivity contribution is 6.43. The molecule has 0 bridgehead atoms. The van der Waals surface area contributed by atoms with E-state index >= 15 is 0 Å². The molecule has 139 heavy (non-hydrogen) atoms. The lowest BCUT2D eigenvalue weighted by molar-refractivity contribution is -0.137. The second-order valence-corrected chi connectivity index (χ2v) is 36.3. The van der Waals surface area contributed by atoms with E-state index in [-0.39, 0.29) is 78.4 Å². The first-order chi connectivity index (χ1) is 67.1. The molecule has 4 amide bonds. The smallest absolute Gasteiger partial charge is 0.416 e. The van der Waals surface area contributed by atoms with Crippen LogP contribution in [0.5, 0.6) is 0 Å². The van der Waals surface area contributed by atoms with Crippen LogP contribution in [0.2, 0.25) is 40.2 Å². The van der Waals surface area contributed by atoms with E-state index in [1.165, 1.54) is 12.1 Å². The molecule has 5 aliphatic rings. The maximum atomic E-state index is 12.7. The van der Waals surface area contributed by atoms with Crippen LogP contribution in [0, 0.1) is 26.3 Å². The fourth-order valence-corrected chi connectivity index (χ4v) is 18.9. The fourth-order valence-electron chi connectivity index (χ4n) is 17.6. The van der Waals surface area contributed by atoms with Crippen molar-refractivity contribution in [2.45, 2.75) is 102 Å². The van der Waals surface area contributed by atoms with E-state index in [1.807, 2.05) is 134 Å². The van der Waals surface area contributed by atoms with Gasteiger partial charge in [0.05, 0.1) is 111 Å². The van der Waals surface area contributed by atoms with Gasteiger partial charge >= 0.3 is 30.5 Å². The van der Waals surface area contributed by atoms with Gasteiger partial charge in [0.25, 0.3) is 0 Å². The van der Waals surface area contributed by atoms with Gasteiger partial charge in [-0.1, -0.05) is 233 Å². The van der Waals surface area contributed by atoms with Gasteiger partial charge in [0, 0.05) is 74.5 Å². The number of hydrogen-bond donors (Lipinski definition) is 4. The van der Waals surface area contributed by atoms with E-state index in [0.717, 1.165) is 157 Å². The number of hydrogen-bond acceptors (Lipinski definition) is 14. The van der Waals surface area contributed by atoms with Crippen LogP contribution in [0.4, 0.5) is 78.4 Å². The lowest BCUT2D eigenvalue weighted by Gasteiger charge is -2.29. The first-order valence-corrected chi connectivity index (χ1v) is 47.1. The molecule has 13 aromatic rings. The first kappa shape index (κ1) is 100. The lowest BCUT2D eigenvalue weighted by Crippen LogP contribution is -2.37. The Morgan fingerprint density at radius 3 is 1.01 bits per heavy atom. The number of benzene rings is 9. The first-order valence-electron chi connectivity index (χ1n) is 44.1. The van der Waals surface area contributed by atoms with E-state index in [2.05, 4.69) is 83.7 Å². The van der Waals surface area contributed by atoms with Crippen LogP contribution >= 0.6 is 92.8 Å². The minimum Gasteiger partial charge on any atom is -0.449 e. The number of anilines is 4. The van der Waals surface area contributed by atoms with Gasteiger partial charge in [-0.15, -0.1) is 0 Å². The molecule has 0 saturated carbocycles. The van der Waals surface area contributed by atoms with Crippen molar-refractivity contribution < 1.29 is 56.0 Å². The van der Waals surface area contributed by atoms with Gasteiger partial charge in [-0.05, 0) is 230 Å². The Labute approximate surface area is 840 Å². The zero-order chi connectivity index (χ0) is 98.3. The molecule has 33 heteroatoms. The van der Waals surface area contributed by atoms with E-state index in [9.17, 15) is 32.3 Å². The van der Waals surface area contributed by atoms with Crippen molar-refractivity contribution in [1.82, 2.24) is 24.8 Å². The number of alkyl halides is 3. The second-order valence-electron chi connectivity index (χ2n) is 33.1. The number of ether oxygens (including phenoxy) is 5. The third-order valence-corrected chi connectivity index (χ3v) is 27.0. The minimum absolute atomic E-state index is 0.0344. The summed E-state index contributed by atoms with van der Waals surface area (Å²) >= 11 is 49.7. The average Bonchev–Trinajstić information content (AvgIpc) is 0.757. The van der Waals surface area contributed by atoms with E-state index < -0.39 is 36.1 Å². The van der Waals surface area contributed by atoms with Crippen molar-refractivity contribution in [3.63, 3.8) is 0 Å².